The molecule has 1 aromatic rings. The fraction of sp³-hybridized carbons (Fsp3) is 0.333. The predicted molar refractivity (Wildman–Crippen MR) is 53.8 cm³/mol. The van der Waals surface area contributed by atoms with Crippen molar-refractivity contribution in [1.82, 2.24) is 0 Å². The molecule has 1 fully saturated rings. The number of hydrogen-bond acceptors (Lipinski definition) is 1. The van der Waals surface area contributed by atoms with Crippen molar-refractivity contribution in [3.8, 4) is 5.75 Å². The SMILES string of the molecule is CC(C)=C1C[C@H]1c1ccc(O)cc1. The molecule has 1 atom stereocenters. The van der Waals surface area contributed by atoms with E-state index in [1.54, 1.807) is 17.7 Å². The van der Waals surface area contributed by atoms with Gasteiger partial charge in [-0.05, 0) is 38.0 Å². The summed E-state index contributed by atoms with van der Waals surface area (Å²) < 4.78 is 0. The van der Waals surface area contributed by atoms with Gasteiger partial charge in [-0.2, -0.15) is 0 Å². The van der Waals surface area contributed by atoms with Crippen molar-refractivity contribution in [1.29, 1.82) is 0 Å². The first-order valence-corrected chi connectivity index (χ1v) is 4.63. The highest BCUT2D eigenvalue weighted by molar-refractivity contribution is 5.44. The van der Waals surface area contributed by atoms with Crippen LogP contribution in [0.1, 0.15) is 31.7 Å². The summed E-state index contributed by atoms with van der Waals surface area (Å²) in [4.78, 5) is 0. The second-order valence-electron chi connectivity index (χ2n) is 3.87. The van der Waals surface area contributed by atoms with Gasteiger partial charge in [0.25, 0.3) is 0 Å². The lowest BCUT2D eigenvalue weighted by molar-refractivity contribution is 0.475. The molecule has 13 heavy (non-hydrogen) atoms. The summed E-state index contributed by atoms with van der Waals surface area (Å²) >= 11 is 0. The maximum Gasteiger partial charge on any atom is 0.115 e. The zero-order chi connectivity index (χ0) is 9.42. The van der Waals surface area contributed by atoms with Crippen LogP contribution in [0.2, 0.25) is 0 Å². The second kappa shape index (κ2) is 2.91. The number of aromatic hydroxyl groups is 1. The van der Waals surface area contributed by atoms with Gasteiger partial charge in [0.15, 0.2) is 0 Å². The Bertz CT molecular complexity index is 342. The van der Waals surface area contributed by atoms with E-state index in [0.29, 0.717) is 11.7 Å². The Kier molecular flexibility index (Phi) is 1.87. The Hall–Kier alpha value is -1.24. The standard InChI is InChI=1S/C12H14O/c1-8(2)11-7-12(11)9-3-5-10(13)6-4-9/h3-6,12-13H,7H2,1-2H3/t12-/m0/s1. The fourth-order valence-electron chi connectivity index (χ4n) is 1.74. The molecule has 0 aromatic heterocycles. The lowest BCUT2D eigenvalue weighted by atomic mass is 10.1. The van der Waals surface area contributed by atoms with Crippen molar-refractivity contribution >= 4 is 0 Å². The number of phenolic OH excluding ortho intramolecular Hbond substituents is 1. The van der Waals surface area contributed by atoms with Crippen LogP contribution in [-0.4, -0.2) is 5.11 Å². The minimum Gasteiger partial charge on any atom is -0.508 e. The molecule has 1 aliphatic rings. The van der Waals surface area contributed by atoms with E-state index in [9.17, 15) is 0 Å². The van der Waals surface area contributed by atoms with Crippen LogP contribution in [0.5, 0.6) is 5.75 Å². The topological polar surface area (TPSA) is 20.2 Å². The second-order valence-corrected chi connectivity index (χ2v) is 3.87. The van der Waals surface area contributed by atoms with E-state index in [1.165, 1.54) is 17.6 Å². The average Bonchev–Trinajstić information content (AvgIpc) is 2.85. The maximum absolute atomic E-state index is 9.12. The molecule has 1 aliphatic carbocycles. The average molecular weight is 174 g/mol. The van der Waals surface area contributed by atoms with E-state index >= 15 is 0 Å². The first kappa shape index (κ1) is 8.36. The molecule has 1 nitrogen and oxygen atoms in total. The van der Waals surface area contributed by atoms with Gasteiger partial charge in [-0.3, -0.25) is 0 Å². The lowest BCUT2D eigenvalue weighted by Gasteiger charge is -1.97. The van der Waals surface area contributed by atoms with Gasteiger partial charge >= 0.3 is 0 Å². The Labute approximate surface area is 78.7 Å². The van der Waals surface area contributed by atoms with Crippen LogP contribution in [0.25, 0.3) is 0 Å². The van der Waals surface area contributed by atoms with Gasteiger partial charge in [-0.25, -0.2) is 0 Å². The highest BCUT2D eigenvalue weighted by Gasteiger charge is 2.31. The molecular formula is C12H14O. The van der Waals surface area contributed by atoms with Gasteiger partial charge in [0.2, 0.25) is 0 Å². The summed E-state index contributed by atoms with van der Waals surface area (Å²) in [5.74, 6) is 0.980. The largest absolute Gasteiger partial charge is 0.508 e. The van der Waals surface area contributed by atoms with Crippen molar-refractivity contribution in [2.75, 3.05) is 0 Å². The highest BCUT2D eigenvalue weighted by Crippen LogP contribution is 2.48. The molecule has 1 N–H and O–H groups in total. The molecule has 0 unspecified atom stereocenters. The number of allylic oxidation sites excluding steroid dienone is 2. The van der Waals surface area contributed by atoms with Crippen LogP contribution in [0.3, 0.4) is 0 Å². The molecule has 0 heterocycles. The number of hydrogen-bond donors (Lipinski definition) is 1. The molecule has 1 heteroatoms. The fourth-order valence-corrected chi connectivity index (χ4v) is 1.74. The van der Waals surface area contributed by atoms with Crippen molar-refractivity contribution in [3.63, 3.8) is 0 Å². The van der Waals surface area contributed by atoms with Gasteiger partial charge in [-0.1, -0.05) is 23.3 Å². The zero-order valence-electron chi connectivity index (χ0n) is 8.04. The van der Waals surface area contributed by atoms with Crippen LogP contribution in [0.15, 0.2) is 35.4 Å². The minimum atomic E-state index is 0.350. The van der Waals surface area contributed by atoms with Crippen LogP contribution in [-0.2, 0) is 0 Å². The molecule has 0 spiro atoms. The van der Waals surface area contributed by atoms with Crippen molar-refractivity contribution in [2.24, 2.45) is 0 Å². The summed E-state index contributed by atoms with van der Waals surface area (Å²) in [6, 6.07) is 7.54. The van der Waals surface area contributed by atoms with Gasteiger partial charge in [0.1, 0.15) is 5.75 Å². The summed E-state index contributed by atoms with van der Waals surface area (Å²) in [5.41, 5.74) is 4.33. The van der Waals surface area contributed by atoms with Crippen molar-refractivity contribution < 1.29 is 5.11 Å². The van der Waals surface area contributed by atoms with E-state index in [2.05, 4.69) is 13.8 Å². The molecule has 1 saturated carbocycles. The Balaban J connectivity index is 2.22. The third kappa shape index (κ3) is 1.59. The van der Waals surface area contributed by atoms with Crippen LogP contribution >= 0.6 is 0 Å². The first-order valence-electron chi connectivity index (χ1n) is 4.63. The van der Waals surface area contributed by atoms with Crippen LogP contribution in [0, 0.1) is 0 Å². The zero-order valence-corrected chi connectivity index (χ0v) is 8.04. The van der Waals surface area contributed by atoms with E-state index < -0.39 is 0 Å². The third-order valence-electron chi connectivity index (χ3n) is 2.62. The normalized spacial score (nSPS) is 20.2. The van der Waals surface area contributed by atoms with E-state index in [1.807, 2.05) is 12.1 Å². The number of phenols is 1. The number of rotatable bonds is 1. The highest BCUT2D eigenvalue weighted by atomic mass is 16.3. The summed E-state index contributed by atoms with van der Waals surface area (Å²) in [7, 11) is 0. The maximum atomic E-state index is 9.12. The molecule has 0 saturated heterocycles. The van der Waals surface area contributed by atoms with Gasteiger partial charge in [0.05, 0.1) is 0 Å². The van der Waals surface area contributed by atoms with Gasteiger partial charge < -0.3 is 5.11 Å². The monoisotopic (exact) mass is 174 g/mol. The molecule has 2 rings (SSSR count). The number of benzene rings is 1. The summed E-state index contributed by atoms with van der Waals surface area (Å²) in [6.45, 7) is 4.32. The molecule has 1 aromatic carbocycles. The molecule has 0 radical (unpaired) electrons. The lowest BCUT2D eigenvalue weighted by Crippen LogP contribution is -1.77. The van der Waals surface area contributed by atoms with E-state index in [0.717, 1.165) is 0 Å². The van der Waals surface area contributed by atoms with Gasteiger partial charge in [-0.15, -0.1) is 0 Å². The first-order chi connectivity index (χ1) is 6.18. The Morgan fingerprint density at radius 1 is 1.23 bits per heavy atom. The van der Waals surface area contributed by atoms with E-state index in [4.69, 9.17) is 5.11 Å². The van der Waals surface area contributed by atoms with Crippen LogP contribution in [0.4, 0.5) is 0 Å². The Morgan fingerprint density at radius 3 is 2.31 bits per heavy atom. The van der Waals surface area contributed by atoms with Crippen molar-refractivity contribution in [2.45, 2.75) is 26.2 Å². The smallest absolute Gasteiger partial charge is 0.115 e. The van der Waals surface area contributed by atoms with E-state index in [-0.39, 0.29) is 0 Å². The summed E-state index contributed by atoms with van der Waals surface area (Å²) in [6.07, 6.45) is 1.20. The predicted octanol–water partition coefficient (Wildman–Crippen LogP) is 3.22. The van der Waals surface area contributed by atoms with Gasteiger partial charge in [0, 0.05) is 5.92 Å². The summed E-state index contributed by atoms with van der Waals surface area (Å²) in [5, 5.41) is 9.12. The van der Waals surface area contributed by atoms with Crippen molar-refractivity contribution in [3.05, 3.63) is 41.0 Å². The molecule has 0 aliphatic heterocycles. The molecular weight excluding hydrogens is 160 g/mol. The van der Waals surface area contributed by atoms with Crippen LogP contribution < -0.4 is 0 Å². The Morgan fingerprint density at radius 2 is 1.85 bits per heavy atom. The third-order valence-corrected chi connectivity index (χ3v) is 2.62. The quantitative estimate of drug-likeness (QED) is 0.648. The molecule has 0 bridgehead atoms. The molecule has 68 valence electrons. The molecule has 0 amide bonds. The minimum absolute atomic E-state index is 0.350.